The van der Waals surface area contributed by atoms with E-state index in [0.29, 0.717) is 0 Å². The second kappa shape index (κ2) is 20.3. The van der Waals surface area contributed by atoms with Gasteiger partial charge in [0.1, 0.15) is 24.7 Å². The maximum absolute atomic E-state index is 14.0. The molecule has 0 spiro atoms. The molecule has 1 aliphatic rings. The molecule has 10 nitrogen and oxygen atoms in total. The highest BCUT2D eigenvalue weighted by Crippen LogP contribution is 2.49. The zero-order valence-corrected chi connectivity index (χ0v) is 37.1. The summed E-state index contributed by atoms with van der Waals surface area (Å²) in [4.78, 5) is 60.5. The molecule has 12 heteroatoms. The SMILES string of the molecule is CON(C)C(=O)[C@H](CSC(c1ccccc1)(c1ccccc1)c1ccccc1)NC(=O)[C@H](C)NC(=O)[C@H](CSC(C)(C)C)NC(=O)OCC1c2ccccc2-c2ccccc21. The van der Waals surface area contributed by atoms with Gasteiger partial charge in [0.2, 0.25) is 11.8 Å². The van der Waals surface area contributed by atoms with Crippen LogP contribution in [-0.4, -0.2) is 84.0 Å². The van der Waals surface area contributed by atoms with Crippen molar-refractivity contribution in [2.24, 2.45) is 0 Å². The van der Waals surface area contributed by atoms with Crippen molar-refractivity contribution in [2.75, 3.05) is 32.3 Å². The summed E-state index contributed by atoms with van der Waals surface area (Å²) in [5, 5.41) is 9.54. The Morgan fingerprint density at radius 1 is 0.623 bits per heavy atom. The number of ether oxygens (including phenoxy) is 1. The van der Waals surface area contributed by atoms with Gasteiger partial charge < -0.3 is 20.7 Å². The number of hydroxylamine groups is 2. The lowest BCUT2D eigenvalue weighted by Gasteiger charge is -2.37. The van der Waals surface area contributed by atoms with Crippen LogP contribution in [0.5, 0.6) is 0 Å². The summed E-state index contributed by atoms with van der Waals surface area (Å²) in [6.45, 7) is 7.69. The number of carbonyl (C=O) groups excluding carboxylic acids is 4. The van der Waals surface area contributed by atoms with Crippen LogP contribution in [0.15, 0.2) is 140 Å². The summed E-state index contributed by atoms with van der Waals surface area (Å²) in [5.41, 5.74) is 7.37. The van der Waals surface area contributed by atoms with E-state index in [1.807, 2.05) is 112 Å². The van der Waals surface area contributed by atoms with Gasteiger partial charge in [-0.25, -0.2) is 9.86 Å². The van der Waals surface area contributed by atoms with E-state index in [4.69, 9.17) is 9.57 Å². The number of hydrogen-bond donors (Lipinski definition) is 3. The van der Waals surface area contributed by atoms with E-state index >= 15 is 0 Å². The lowest BCUT2D eigenvalue weighted by Crippen LogP contribution is -2.57. The summed E-state index contributed by atoms with van der Waals surface area (Å²) in [6, 6.07) is 43.2. The minimum atomic E-state index is -1.07. The zero-order chi connectivity index (χ0) is 43.6. The quantitative estimate of drug-likeness (QED) is 0.0632. The molecular weight excluding hydrogens is 805 g/mol. The van der Waals surface area contributed by atoms with Crippen molar-refractivity contribution >= 4 is 47.3 Å². The molecule has 0 heterocycles. The standard InChI is InChI=1S/C49H54N4O6S2/c1-33(50-45(55)42(31-60-48(2,3)4)52-47(57)59-30-41-39-28-18-16-26-37(39)38-27-17-19-29-40(38)41)44(54)51-43(46(56)53(5)58-6)32-61-49(34-20-10-7-11-21-34,35-22-12-8-13-23-35)36-24-14-9-15-25-36/h7-29,33,41-43H,30-32H2,1-6H3,(H,50,55)(H,51,54)(H,52,57)/t33-,42-,43-/m0/s1. The Morgan fingerprint density at radius 2 is 1.08 bits per heavy atom. The van der Waals surface area contributed by atoms with Crippen LogP contribution in [0.2, 0.25) is 0 Å². The van der Waals surface area contributed by atoms with Crippen molar-refractivity contribution in [3.63, 3.8) is 0 Å². The molecule has 0 radical (unpaired) electrons. The van der Waals surface area contributed by atoms with Crippen LogP contribution >= 0.6 is 23.5 Å². The van der Waals surface area contributed by atoms with E-state index in [1.165, 1.54) is 37.7 Å². The van der Waals surface area contributed by atoms with Gasteiger partial charge in [0, 0.05) is 29.2 Å². The smallest absolute Gasteiger partial charge is 0.407 e. The first kappa shape index (κ1) is 45.0. The number of rotatable bonds is 17. The van der Waals surface area contributed by atoms with Gasteiger partial charge in [-0.3, -0.25) is 19.2 Å². The highest BCUT2D eigenvalue weighted by Gasteiger charge is 2.40. The topological polar surface area (TPSA) is 126 Å². The van der Waals surface area contributed by atoms with Crippen LogP contribution in [0.25, 0.3) is 11.1 Å². The van der Waals surface area contributed by atoms with Crippen molar-refractivity contribution in [1.82, 2.24) is 21.0 Å². The second-order valence-electron chi connectivity index (χ2n) is 15.8. The van der Waals surface area contributed by atoms with E-state index in [9.17, 15) is 19.2 Å². The Morgan fingerprint density at radius 3 is 1.56 bits per heavy atom. The van der Waals surface area contributed by atoms with Gasteiger partial charge in [-0.2, -0.15) is 11.8 Å². The number of fused-ring (bicyclic) bond motifs is 3. The Hall–Kier alpha value is -5.56. The average molecular weight is 859 g/mol. The summed E-state index contributed by atoms with van der Waals surface area (Å²) >= 11 is 3.01. The lowest BCUT2D eigenvalue weighted by molar-refractivity contribution is -0.171. The van der Waals surface area contributed by atoms with Crippen LogP contribution in [0, 0.1) is 0 Å². The molecule has 0 saturated heterocycles. The Balaban J connectivity index is 1.17. The molecule has 61 heavy (non-hydrogen) atoms. The van der Waals surface area contributed by atoms with Gasteiger partial charge in [-0.1, -0.05) is 160 Å². The molecule has 318 valence electrons. The summed E-state index contributed by atoms with van der Waals surface area (Å²) < 4.78 is 4.80. The van der Waals surface area contributed by atoms with Crippen LogP contribution in [0.4, 0.5) is 4.79 Å². The number of alkyl carbamates (subject to hydrolysis) is 1. The molecule has 5 aromatic rings. The monoisotopic (exact) mass is 858 g/mol. The van der Waals surface area contributed by atoms with Gasteiger partial charge in [0.05, 0.1) is 11.9 Å². The largest absolute Gasteiger partial charge is 0.449 e. The first-order valence-corrected chi connectivity index (χ1v) is 22.3. The highest BCUT2D eigenvalue weighted by atomic mass is 32.2. The summed E-state index contributed by atoms with van der Waals surface area (Å²) in [5.74, 6) is -1.39. The number of benzene rings is 5. The van der Waals surface area contributed by atoms with Crippen molar-refractivity contribution in [3.8, 4) is 11.1 Å². The predicted molar refractivity (Wildman–Crippen MR) is 245 cm³/mol. The van der Waals surface area contributed by atoms with E-state index in [2.05, 4.69) is 64.5 Å². The van der Waals surface area contributed by atoms with E-state index < -0.39 is 46.7 Å². The molecule has 1 aliphatic carbocycles. The predicted octanol–water partition coefficient (Wildman–Crippen LogP) is 8.16. The van der Waals surface area contributed by atoms with Crippen LogP contribution < -0.4 is 16.0 Å². The third-order valence-electron chi connectivity index (χ3n) is 10.6. The molecule has 0 bridgehead atoms. The lowest BCUT2D eigenvalue weighted by atomic mass is 9.84. The van der Waals surface area contributed by atoms with Crippen molar-refractivity contribution in [1.29, 1.82) is 0 Å². The molecule has 5 aromatic carbocycles. The molecule has 0 saturated carbocycles. The van der Waals surface area contributed by atoms with Gasteiger partial charge in [0.15, 0.2) is 0 Å². The van der Waals surface area contributed by atoms with Crippen LogP contribution in [0.1, 0.15) is 61.4 Å². The zero-order valence-electron chi connectivity index (χ0n) is 35.4. The average Bonchev–Trinajstić information content (AvgIpc) is 3.60. The molecule has 4 amide bonds. The van der Waals surface area contributed by atoms with E-state index in [-0.39, 0.29) is 28.8 Å². The van der Waals surface area contributed by atoms with Gasteiger partial charge in [-0.15, -0.1) is 11.8 Å². The molecule has 3 atom stereocenters. The van der Waals surface area contributed by atoms with Crippen molar-refractivity contribution < 1.29 is 28.8 Å². The van der Waals surface area contributed by atoms with Crippen molar-refractivity contribution in [2.45, 2.75) is 61.2 Å². The molecule has 0 aromatic heterocycles. The van der Waals surface area contributed by atoms with Crippen LogP contribution in [0.3, 0.4) is 0 Å². The summed E-state index contributed by atoms with van der Waals surface area (Å²) in [6.07, 6.45) is -0.738. The number of likely N-dealkylation sites (N-methyl/N-ethyl adjacent to an activating group) is 1. The molecule has 6 rings (SSSR count). The van der Waals surface area contributed by atoms with Crippen LogP contribution in [-0.2, 0) is 28.7 Å². The Kier molecular flexibility index (Phi) is 15.0. The van der Waals surface area contributed by atoms with E-state index in [0.717, 1.165) is 44.0 Å². The Labute approximate surface area is 367 Å². The number of nitrogens with one attached hydrogen (secondary N) is 3. The van der Waals surface area contributed by atoms with Crippen molar-refractivity contribution in [3.05, 3.63) is 167 Å². The van der Waals surface area contributed by atoms with Gasteiger partial charge >= 0.3 is 6.09 Å². The molecule has 3 N–H and O–H groups in total. The fourth-order valence-corrected chi connectivity index (χ4v) is 9.89. The normalized spacial score (nSPS) is 13.8. The number of thioether (sulfide) groups is 2. The molecule has 0 unspecified atom stereocenters. The number of nitrogens with zero attached hydrogens (tertiary/aromatic N) is 1. The maximum atomic E-state index is 14.0. The molecule has 0 aliphatic heterocycles. The number of amides is 4. The summed E-state index contributed by atoms with van der Waals surface area (Å²) in [7, 11) is 2.87. The molecule has 0 fully saturated rings. The highest BCUT2D eigenvalue weighted by molar-refractivity contribution is 8.00. The van der Waals surface area contributed by atoms with Gasteiger partial charge in [0.25, 0.3) is 5.91 Å². The fraction of sp³-hybridized carbons (Fsp3) is 0.306. The van der Waals surface area contributed by atoms with E-state index in [1.54, 1.807) is 6.92 Å². The Bertz CT molecular complexity index is 2130. The second-order valence-corrected chi connectivity index (χ2v) is 18.9. The minimum absolute atomic E-state index is 0.0862. The number of carbonyl (C=O) groups is 4. The minimum Gasteiger partial charge on any atom is -0.449 e. The third kappa shape index (κ3) is 10.9. The third-order valence-corrected chi connectivity index (χ3v) is 13.6. The first-order valence-electron chi connectivity index (χ1n) is 20.3. The van der Waals surface area contributed by atoms with Gasteiger partial charge in [-0.05, 0) is 45.9 Å². The molecular formula is C49H54N4O6S2. The number of hydrogen-bond acceptors (Lipinski definition) is 8. The fourth-order valence-electron chi connectivity index (χ4n) is 7.44. The maximum Gasteiger partial charge on any atom is 0.407 e. The first-order chi connectivity index (χ1) is 29.3.